The van der Waals surface area contributed by atoms with E-state index in [1.807, 2.05) is 0 Å². The molecule has 1 fully saturated rings. The summed E-state index contributed by atoms with van der Waals surface area (Å²) in [6, 6.07) is 5.17. The number of amides is 1. The Kier molecular flexibility index (Phi) is 3.80. The van der Waals surface area contributed by atoms with E-state index in [1.54, 1.807) is 18.2 Å². The van der Waals surface area contributed by atoms with Crippen molar-refractivity contribution in [3.63, 3.8) is 0 Å². The van der Waals surface area contributed by atoms with Crippen LogP contribution < -0.4 is 10.1 Å². The summed E-state index contributed by atoms with van der Waals surface area (Å²) < 4.78 is 5.92. The summed E-state index contributed by atoms with van der Waals surface area (Å²) in [6.45, 7) is 0. The zero-order chi connectivity index (χ0) is 14.0. The van der Waals surface area contributed by atoms with Crippen molar-refractivity contribution in [3.05, 3.63) is 22.7 Å². The predicted octanol–water partition coefficient (Wildman–Crippen LogP) is 2.65. The van der Waals surface area contributed by atoms with Crippen LogP contribution in [0.3, 0.4) is 0 Å². The van der Waals surface area contributed by atoms with Crippen LogP contribution in [0.25, 0.3) is 0 Å². The molecule has 1 aliphatic carbocycles. The first-order valence-electron chi connectivity index (χ1n) is 5.88. The summed E-state index contributed by atoms with van der Waals surface area (Å²) in [5.74, 6) is -1.05. The average molecular weight is 328 g/mol. The number of methoxy groups -OCH3 is 1. The lowest BCUT2D eigenvalue weighted by Gasteiger charge is -2.35. The molecule has 1 aliphatic rings. The van der Waals surface area contributed by atoms with Crippen molar-refractivity contribution in [2.75, 3.05) is 12.4 Å². The summed E-state index contributed by atoms with van der Waals surface area (Å²) in [6.07, 6.45) is 1.52. The van der Waals surface area contributed by atoms with Gasteiger partial charge in [0, 0.05) is 4.47 Å². The van der Waals surface area contributed by atoms with Gasteiger partial charge in [-0.05, 0) is 31.0 Å². The first kappa shape index (κ1) is 13.9. The molecule has 0 saturated heterocycles. The van der Waals surface area contributed by atoms with Gasteiger partial charge >= 0.3 is 5.97 Å². The first-order chi connectivity index (χ1) is 8.99. The van der Waals surface area contributed by atoms with Gasteiger partial charge in [0.25, 0.3) is 0 Å². The average Bonchev–Trinajstić information content (AvgIpc) is 2.27. The molecule has 1 aromatic rings. The number of anilines is 1. The topological polar surface area (TPSA) is 75.6 Å². The quantitative estimate of drug-likeness (QED) is 0.833. The zero-order valence-corrected chi connectivity index (χ0v) is 12.0. The second-order valence-corrected chi connectivity index (χ2v) is 5.46. The SMILES string of the molecule is COc1ccc(Br)cc1NC(=O)C1(C(=O)O)CCC1. The van der Waals surface area contributed by atoms with Crippen molar-refractivity contribution in [1.82, 2.24) is 0 Å². The predicted molar refractivity (Wildman–Crippen MR) is 73.2 cm³/mol. The van der Waals surface area contributed by atoms with E-state index in [0.717, 1.165) is 10.9 Å². The van der Waals surface area contributed by atoms with Gasteiger partial charge in [0.1, 0.15) is 11.2 Å². The lowest BCUT2D eigenvalue weighted by molar-refractivity contribution is -0.159. The Balaban J connectivity index is 2.23. The maximum Gasteiger partial charge on any atom is 0.319 e. The van der Waals surface area contributed by atoms with Gasteiger partial charge in [-0.25, -0.2) is 0 Å². The molecular weight excluding hydrogens is 314 g/mol. The fourth-order valence-electron chi connectivity index (χ4n) is 2.09. The Labute approximate surface area is 119 Å². The molecule has 0 heterocycles. The Bertz CT molecular complexity index is 525. The third kappa shape index (κ3) is 2.45. The van der Waals surface area contributed by atoms with E-state index in [4.69, 9.17) is 4.74 Å². The number of ether oxygens (including phenoxy) is 1. The molecule has 1 saturated carbocycles. The number of benzene rings is 1. The van der Waals surface area contributed by atoms with Gasteiger partial charge in [-0.3, -0.25) is 9.59 Å². The Hall–Kier alpha value is -1.56. The number of rotatable bonds is 4. The lowest BCUT2D eigenvalue weighted by atomic mass is 9.68. The highest BCUT2D eigenvalue weighted by Gasteiger charge is 2.51. The number of halogens is 1. The van der Waals surface area contributed by atoms with Crippen LogP contribution in [0.4, 0.5) is 5.69 Å². The van der Waals surface area contributed by atoms with Crippen molar-refractivity contribution < 1.29 is 19.4 Å². The fraction of sp³-hybridized carbons (Fsp3) is 0.385. The highest BCUT2D eigenvalue weighted by molar-refractivity contribution is 9.10. The van der Waals surface area contributed by atoms with Crippen LogP contribution in [0.2, 0.25) is 0 Å². The molecule has 0 aliphatic heterocycles. The van der Waals surface area contributed by atoms with Crippen molar-refractivity contribution in [1.29, 1.82) is 0 Å². The number of carbonyl (C=O) groups is 2. The number of aliphatic carboxylic acids is 1. The van der Waals surface area contributed by atoms with Gasteiger partial charge in [-0.2, -0.15) is 0 Å². The molecule has 0 radical (unpaired) electrons. The highest BCUT2D eigenvalue weighted by Crippen LogP contribution is 2.42. The maximum atomic E-state index is 12.2. The van der Waals surface area contributed by atoms with Crippen molar-refractivity contribution in [2.45, 2.75) is 19.3 Å². The largest absolute Gasteiger partial charge is 0.495 e. The van der Waals surface area contributed by atoms with E-state index in [1.165, 1.54) is 7.11 Å². The van der Waals surface area contributed by atoms with Crippen LogP contribution in [0, 0.1) is 5.41 Å². The minimum atomic E-state index is -1.28. The maximum absolute atomic E-state index is 12.2. The zero-order valence-electron chi connectivity index (χ0n) is 10.4. The van der Waals surface area contributed by atoms with Gasteiger partial charge in [0.05, 0.1) is 12.8 Å². The Morgan fingerprint density at radius 3 is 2.58 bits per heavy atom. The third-order valence-electron chi connectivity index (χ3n) is 3.46. The van der Waals surface area contributed by atoms with Gasteiger partial charge in [0.2, 0.25) is 5.91 Å². The molecule has 0 spiro atoms. The molecule has 1 aromatic carbocycles. The van der Waals surface area contributed by atoms with E-state index in [2.05, 4.69) is 21.2 Å². The number of hydrogen-bond acceptors (Lipinski definition) is 3. The van der Waals surface area contributed by atoms with E-state index in [0.29, 0.717) is 24.3 Å². The summed E-state index contributed by atoms with van der Waals surface area (Å²) >= 11 is 3.30. The summed E-state index contributed by atoms with van der Waals surface area (Å²) in [7, 11) is 1.50. The minimum Gasteiger partial charge on any atom is -0.495 e. The van der Waals surface area contributed by atoms with Gasteiger partial charge in [0.15, 0.2) is 0 Å². The van der Waals surface area contributed by atoms with Crippen LogP contribution in [-0.4, -0.2) is 24.1 Å². The first-order valence-corrected chi connectivity index (χ1v) is 6.67. The van der Waals surface area contributed by atoms with Gasteiger partial charge in [-0.15, -0.1) is 0 Å². The van der Waals surface area contributed by atoms with Crippen LogP contribution in [0.1, 0.15) is 19.3 Å². The van der Waals surface area contributed by atoms with Crippen LogP contribution in [0.15, 0.2) is 22.7 Å². The van der Waals surface area contributed by atoms with Gasteiger partial charge < -0.3 is 15.2 Å². The smallest absolute Gasteiger partial charge is 0.319 e. The molecule has 6 heteroatoms. The molecule has 0 unspecified atom stereocenters. The molecule has 1 amide bonds. The number of nitrogens with one attached hydrogen (secondary N) is 1. The highest BCUT2D eigenvalue weighted by atomic mass is 79.9. The van der Waals surface area contributed by atoms with Crippen molar-refractivity contribution >= 4 is 33.5 Å². The number of carboxylic acid groups (broad SMARTS) is 1. The lowest BCUT2D eigenvalue weighted by Crippen LogP contribution is -2.48. The van der Waals surface area contributed by atoms with E-state index < -0.39 is 17.3 Å². The van der Waals surface area contributed by atoms with Crippen LogP contribution >= 0.6 is 15.9 Å². The fourth-order valence-corrected chi connectivity index (χ4v) is 2.45. The summed E-state index contributed by atoms with van der Waals surface area (Å²) in [5.41, 5.74) is -0.817. The molecular formula is C13H14BrNO4. The standard InChI is InChI=1S/C13H14BrNO4/c1-19-10-4-3-8(14)7-9(10)15-11(16)13(12(17)18)5-2-6-13/h3-4,7H,2,5-6H2,1H3,(H,15,16)(H,17,18). The van der Waals surface area contributed by atoms with Crippen molar-refractivity contribution in [3.8, 4) is 5.75 Å². The minimum absolute atomic E-state index is 0.379. The van der Waals surface area contributed by atoms with E-state index in [9.17, 15) is 14.7 Å². The second-order valence-electron chi connectivity index (χ2n) is 4.54. The Morgan fingerprint density at radius 2 is 2.11 bits per heavy atom. The number of hydrogen-bond donors (Lipinski definition) is 2. The van der Waals surface area contributed by atoms with Gasteiger partial charge in [-0.1, -0.05) is 22.4 Å². The molecule has 0 bridgehead atoms. The normalized spacial score (nSPS) is 16.3. The molecule has 102 valence electrons. The summed E-state index contributed by atoms with van der Waals surface area (Å²) in [4.78, 5) is 23.4. The van der Waals surface area contributed by atoms with E-state index >= 15 is 0 Å². The monoisotopic (exact) mass is 327 g/mol. The number of carboxylic acids is 1. The van der Waals surface area contributed by atoms with Crippen LogP contribution in [-0.2, 0) is 9.59 Å². The molecule has 19 heavy (non-hydrogen) atoms. The molecule has 0 atom stereocenters. The number of carbonyl (C=O) groups excluding carboxylic acids is 1. The third-order valence-corrected chi connectivity index (χ3v) is 3.95. The molecule has 0 aromatic heterocycles. The van der Waals surface area contributed by atoms with Crippen molar-refractivity contribution in [2.24, 2.45) is 5.41 Å². The van der Waals surface area contributed by atoms with Crippen LogP contribution in [0.5, 0.6) is 5.75 Å². The molecule has 2 N–H and O–H groups in total. The van der Waals surface area contributed by atoms with E-state index in [-0.39, 0.29) is 0 Å². The summed E-state index contributed by atoms with van der Waals surface area (Å²) in [5, 5.41) is 11.9. The second kappa shape index (κ2) is 5.21. The Morgan fingerprint density at radius 1 is 1.42 bits per heavy atom. The molecule has 2 rings (SSSR count). The molecule has 5 nitrogen and oxygen atoms in total.